The zero-order chi connectivity index (χ0) is 18.6. The summed E-state index contributed by atoms with van der Waals surface area (Å²) in [6, 6.07) is 20.6. The van der Waals surface area contributed by atoms with E-state index >= 15 is 0 Å². The van der Waals surface area contributed by atoms with Gasteiger partial charge in [0.25, 0.3) is 5.91 Å². The number of amides is 1. The van der Waals surface area contributed by atoms with Crippen LogP contribution in [0.2, 0.25) is 0 Å². The summed E-state index contributed by atoms with van der Waals surface area (Å²) in [4.78, 5) is 16.2. The molecule has 3 aromatic carbocycles. The minimum absolute atomic E-state index is 0.0119. The number of carbonyl (C=O) groups is 1. The standard InChI is InChI=1S/C22H21FN2O2/c23-20-7-3-4-8-21(20)24-11-13-25(14-12-24)22(26)16-27-19-10-9-17-5-1-2-6-18(17)15-19/h1-10,15H,11-14,16H2. The number of benzene rings is 3. The van der Waals surface area contributed by atoms with Gasteiger partial charge >= 0.3 is 0 Å². The molecule has 1 saturated heterocycles. The first-order chi connectivity index (χ1) is 13.2. The van der Waals surface area contributed by atoms with Crippen LogP contribution in [0.3, 0.4) is 0 Å². The number of halogens is 1. The molecule has 0 N–H and O–H groups in total. The van der Waals surface area contributed by atoms with Crippen molar-refractivity contribution in [1.29, 1.82) is 0 Å². The molecule has 0 saturated carbocycles. The van der Waals surface area contributed by atoms with Crippen LogP contribution in [0.15, 0.2) is 66.7 Å². The number of para-hydroxylation sites is 1. The summed E-state index contributed by atoms with van der Waals surface area (Å²) in [5.41, 5.74) is 0.594. The molecule has 0 unspecified atom stereocenters. The first-order valence-electron chi connectivity index (χ1n) is 9.09. The molecule has 0 radical (unpaired) electrons. The van der Waals surface area contributed by atoms with Gasteiger partial charge < -0.3 is 14.5 Å². The molecular weight excluding hydrogens is 343 g/mol. The molecule has 1 aliphatic rings. The third-order valence-corrected chi connectivity index (χ3v) is 4.91. The third-order valence-electron chi connectivity index (χ3n) is 4.91. The van der Waals surface area contributed by atoms with Crippen LogP contribution in [0, 0.1) is 5.82 Å². The zero-order valence-corrected chi connectivity index (χ0v) is 15.0. The molecular formula is C22H21FN2O2. The third kappa shape index (κ3) is 3.87. The van der Waals surface area contributed by atoms with Gasteiger partial charge in [-0.05, 0) is 35.0 Å². The fourth-order valence-electron chi connectivity index (χ4n) is 3.40. The number of nitrogens with zero attached hydrogens (tertiary/aromatic N) is 2. The largest absolute Gasteiger partial charge is 0.484 e. The lowest BCUT2D eigenvalue weighted by Gasteiger charge is -2.36. The topological polar surface area (TPSA) is 32.8 Å². The van der Waals surface area contributed by atoms with Crippen LogP contribution < -0.4 is 9.64 Å². The summed E-state index contributed by atoms with van der Waals surface area (Å²) in [5.74, 6) is 0.417. The lowest BCUT2D eigenvalue weighted by molar-refractivity contribution is -0.133. The predicted octanol–water partition coefficient (Wildman–Crippen LogP) is 3.71. The minimum atomic E-state index is -0.225. The quantitative estimate of drug-likeness (QED) is 0.708. The summed E-state index contributed by atoms with van der Waals surface area (Å²) in [6.45, 7) is 2.37. The molecule has 5 heteroatoms. The summed E-state index contributed by atoms with van der Waals surface area (Å²) in [6.07, 6.45) is 0. The molecule has 1 fully saturated rings. The molecule has 0 aromatic heterocycles. The highest BCUT2D eigenvalue weighted by Gasteiger charge is 2.22. The number of fused-ring (bicyclic) bond motifs is 1. The first-order valence-corrected chi connectivity index (χ1v) is 9.09. The second-order valence-electron chi connectivity index (χ2n) is 6.62. The number of anilines is 1. The summed E-state index contributed by atoms with van der Waals surface area (Å²) in [7, 11) is 0. The SMILES string of the molecule is O=C(COc1ccc2ccccc2c1)N1CCN(c2ccccc2F)CC1. The van der Waals surface area contributed by atoms with Gasteiger partial charge in [-0.25, -0.2) is 4.39 Å². The van der Waals surface area contributed by atoms with Crippen molar-refractivity contribution in [1.82, 2.24) is 4.90 Å². The van der Waals surface area contributed by atoms with Gasteiger partial charge in [-0.3, -0.25) is 4.79 Å². The average molecular weight is 364 g/mol. The molecule has 138 valence electrons. The maximum Gasteiger partial charge on any atom is 0.260 e. The summed E-state index contributed by atoms with van der Waals surface area (Å²) >= 11 is 0. The number of ether oxygens (including phenoxy) is 1. The van der Waals surface area contributed by atoms with E-state index in [1.807, 2.05) is 53.4 Å². The Kier molecular flexibility index (Phi) is 4.92. The van der Waals surface area contributed by atoms with Crippen LogP contribution in [-0.2, 0) is 4.79 Å². The van der Waals surface area contributed by atoms with E-state index in [2.05, 4.69) is 0 Å². The van der Waals surface area contributed by atoms with Crippen molar-refractivity contribution >= 4 is 22.4 Å². The molecule has 3 aromatic rings. The smallest absolute Gasteiger partial charge is 0.260 e. The van der Waals surface area contributed by atoms with E-state index in [-0.39, 0.29) is 18.3 Å². The summed E-state index contributed by atoms with van der Waals surface area (Å²) < 4.78 is 19.6. The van der Waals surface area contributed by atoms with E-state index in [0.29, 0.717) is 37.6 Å². The number of piperazine rings is 1. The van der Waals surface area contributed by atoms with Crippen LogP contribution in [0.5, 0.6) is 5.75 Å². The van der Waals surface area contributed by atoms with E-state index in [0.717, 1.165) is 10.8 Å². The highest BCUT2D eigenvalue weighted by atomic mass is 19.1. The maximum atomic E-state index is 13.9. The van der Waals surface area contributed by atoms with Crippen molar-refractivity contribution in [3.63, 3.8) is 0 Å². The van der Waals surface area contributed by atoms with Crippen molar-refractivity contribution in [3.05, 3.63) is 72.5 Å². The van der Waals surface area contributed by atoms with Gasteiger partial charge in [-0.15, -0.1) is 0 Å². The summed E-state index contributed by atoms with van der Waals surface area (Å²) in [5, 5.41) is 2.22. The van der Waals surface area contributed by atoms with Crippen LogP contribution in [0.1, 0.15) is 0 Å². The second kappa shape index (κ2) is 7.66. The van der Waals surface area contributed by atoms with Gasteiger partial charge in [-0.1, -0.05) is 42.5 Å². The monoisotopic (exact) mass is 364 g/mol. The molecule has 0 bridgehead atoms. The second-order valence-corrected chi connectivity index (χ2v) is 6.62. The van der Waals surface area contributed by atoms with Crippen molar-refractivity contribution in [3.8, 4) is 5.75 Å². The van der Waals surface area contributed by atoms with Crippen LogP contribution in [0.4, 0.5) is 10.1 Å². The van der Waals surface area contributed by atoms with E-state index in [4.69, 9.17) is 4.74 Å². The fourth-order valence-corrected chi connectivity index (χ4v) is 3.40. The normalized spacial score (nSPS) is 14.4. The Morgan fingerprint density at radius 3 is 2.37 bits per heavy atom. The highest BCUT2D eigenvalue weighted by molar-refractivity contribution is 5.84. The zero-order valence-electron chi connectivity index (χ0n) is 15.0. The minimum Gasteiger partial charge on any atom is -0.484 e. The van der Waals surface area contributed by atoms with Crippen LogP contribution in [-0.4, -0.2) is 43.6 Å². The van der Waals surface area contributed by atoms with Gasteiger partial charge in [0.05, 0.1) is 5.69 Å². The Balaban J connectivity index is 1.32. The van der Waals surface area contributed by atoms with Gasteiger partial charge in [0, 0.05) is 26.2 Å². The molecule has 1 amide bonds. The Hall–Kier alpha value is -3.08. The van der Waals surface area contributed by atoms with E-state index in [9.17, 15) is 9.18 Å². The Morgan fingerprint density at radius 1 is 0.889 bits per heavy atom. The number of hydrogen-bond donors (Lipinski definition) is 0. The van der Waals surface area contributed by atoms with Crippen molar-refractivity contribution in [2.75, 3.05) is 37.7 Å². The van der Waals surface area contributed by atoms with Gasteiger partial charge in [0.15, 0.2) is 6.61 Å². The average Bonchev–Trinajstić information content (AvgIpc) is 2.72. The van der Waals surface area contributed by atoms with E-state index < -0.39 is 0 Å². The lowest BCUT2D eigenvalue weighted by atomic mass is 10.1. The number of carbonyl (C=O) groups excluding carboxylic acids is 1. The molecule has 4 rings (SSSR count). The number of rotatable bonds is 4. The van der Waals surface area contributed by atoms with Crippen molar-refractivity contribution in [2.24, 2.45) is 0 Å². The predicted molar refractivity (Wildman–Crippen MR) is 105 cm³/mol. The number of hydrogen-bond acceptors (Lipinski definition) is 3. The first kappa shape index (κ1) is 17.3. The lowest BCUT2D eigenvalue weighted by Crippen LogP contribution is -2.50. The van der Waals surface area contributed by atoms with Gasteiger partial charge in [0.2, 0.25) is 0 Å². The van der Waals surface area contributed by atoms with Gasteiger partial charge in [0.1, 0.15) is 11.6 Å². The fraction of sp³-hybridized carbons (Fsp3) is 0.227. The Morgan fingerprint density at radius 2 is 1.59 bits per heavy atom. The van der Waals surface area contributed by atoms with E-state index in [1.54, 1.807) is 17.0 Å². The Bertz CT molecular complexity index is 952. The molecule has 0 aliphatic carbocycles. The molecule has 1 heterocycles. The Labute approximate surface area is 157 Å². The molecule has 4 nitrogen and oxygen atoms in total. The van der Waals surface area contributed by atoms with Crippen LogP contribution in [0.25, 0.3) is 10.8 Å². The molecule has 1 aliphatic heterocycles. The van der Waals surface area contributed by atoms with Crippen LogP contribution >= 0.6 is 0 Å². The van der Waals surface area contributed by atoms with Crippen molar-refractivity contribution < 1.29 is 13.9 Å². The van der Waals surface area contributed by atoms with Gasteiger partial charge in [-0.2, -0.15) is 0 Å². The highest BCUT2D eigenvalue weighted by Crippen LogP contribution is 2.22. The maximum absolute atomic E-state index is 13.9. The van der Waals surface area contributed by atoms with Crippen molar-refractivity contribution in [2.45, 2.75) is 0 Å². The molecule has 0 spiro atoms. The van der Waals surface area contributed by atoms with E-state index in [1.165, 1.54) is 6.07 Å². The molecule has 27 heavy (non-hydrogen) atoms. The molecule has 0 atom stereocenters.